The molecular formula is C13H17N3O4S. The Morgan fingerprint density at radius 2 is 2.05 bits per heavy atom. The molecule has 0 saturated heterocycles. The molecule has 1 aromatic carbocycles. The third-order valence-electron chi connectivity index (χ3n) is 2.72. The molecule has 0 fully saturated rings. The van der Waals surface area contributed by atoms with E-state index in [-0.39, 0.29) is 24.7 Å². The SMILES string of the molecule is O=S(=O)(NCCn1ccnc1)c1ccc(OCCO)cc1. The molecule has 21 heavy (non-hydrogen) atoms. The minimum Gasteiger partial charge on any atom is -0.491 e. The summed E-state index contributed by atoms with van der Waals surface area (Å²) in [7, 11) is -3.54. The Labute approximate surface area is 123 Å². The summed E-state index contributed by atoms with van der Waals surface area (Å²) in [6.45, 7) is 0.878. The van der Waals surface area contributed by atoms with Crippen molar-refractivity contribution >= 4 is 10.0 Å². The van der Waals surface area contributed by atoms with Crippen LogP contribution in [0.2, 0.25) is 0 Å². The summed E-state index contributed by atoms with van der Waals surface area (Å²) in [5.74, 6) is 0.515. The second kappa shape index (κ2) is 7.21. The number of rotatable bonds is 8. The number of ether oxygens (including phenoxy) is 1. The first-order valence-corrected chi connectivity index (χ1v) is 7.89. The number of aliphatic hydroxyl groups excluding tert-OH is 1. The predicted octanol–water partition coefficient (Wildman–Crippen LogP) is 0.233. The van der Waals surface area contributed by atoms with Crippen LogP contribution in [0, 0.1) is 0 Å². The van der Waals surface area contributed by atoms with Gasteiger partial charge in [-0.15, -0.1) is 0 Å². The van der Waals surface area contributed by atoms with Crippen LogP contribution in [0.3, 0.4) is 0 Å². The average molecular weight is 311 g/mol. The van der Waals surface area contributed by atoms with Crippen molar-refractivity contribution in [2.75, 3.05) is 19.8 Å². The van der Waals surface area contributed by atoms with Crippen LogP contribution in [0.15, 0.2) is 47.9 Å². The fraction of sp³-hybridized carbons (Fsp3) is 0.308. The largest absolute Gasteiger partial charge is 0.491 e. The molecule has 0 atom stereocenters. The number of hydrogen-bond donors (Lipinski definition) is 2. The van der Waals surface area contributed by atoms with Gasteiger partial charge in [0.05, 0.1) is 17.8 Å². The smallest absolute Gasteiger partial charge is 0.240 e. The van der Waals surface area contributed by atoms with Crippen LogP contribution in [-0.4, -0.2) is 42.8 Å². The Morgan fingerprint density at radius 1 is 1.29 bits per heavy atom. The first-order valence-electron chi connectivity index (χ1n) is 6.41. The minimum atomic E-state index is -3.54. The predicted molar refractivity (Wildman–Crippen MR) is 76.4 cm³/mol. The van der Waals surface area contributed by atoms with Gasteiger partial charge in [-0.3, -0.25) is 0 Å². The normalized spacial score (nSPS) is 11.5. The van der Waals surface area contributed by atoms with Crippen molar-refractivity contribution in [2.45, 2.75) is 11.4 Å². The zero-order valence-corrected chi connectivity index (χ0v) is 12.2. The van der Waals surface area contributed by atoms with Gasteiger partial charge in [0.1, 0.15) is 12.4 Å². The molecule has 0 aliphatic heterocycles. The highest BCUT2D eigenvalue weighted by molar-refractivity contribution is 7.89. The maximum absolute atomic E-state index is 12.1. The average Bonchev–Trinajstić information content (AvgIpc) is 2.98. The minimum absolute atomic E-state index is 0.0874. The van der Waals surface area contributed by atoms with Crippen molar-refractivity contribution in [3.8, 4) is 5.75 Å². The molecule has 0 amide bonds. The van der Waals surface area contributed by atoms with Gasteiger partial charge in [-0.1, -0.05) is 0 Å². The van der Waals surface area contributed by atoms with Crippen molar-refractivity contribution in [3.05, 3.63) is 43.0 Å². The Bertz CT molecular complexity index is 639. The molecule has 0 aliphatic rings. The van der Waals surface area contributed by atoms with E-state index in [1.54, 1.807) is 35.4 Å². The van der Waals surface area contributed by atoms with E-state index >= 15 is 0 Å². The van der Waals surface area contributed by atoms with E-state index in [0.29, 0.717) is 12.3 Å². The summed E-state index contributed by atoms with van der Waals surface area (Å²) in [6.07, 6.45) is 5.03. The molecule has 2 rings (SSSR count). The van der Waals surface area contributed by atoms with Gasteiger partial charge >= 0.3 is 0 Å². The van der Waals surface area contributed by atoms with Gasteiger partial charge in [0, 0.05) is 25.5 Å². The lowest BCUT2D eigenvalue weighted by molar-refractivity contribution is 0.201. The van der Waals surface area contributed by atoms with Crippen LogP contribution in [0.25, 0.3) is 0 Å². The third-order valence-corrected chi connectivity index (χ3v) is 4.19. The van der Waals surface area contributed by atoms with Gasteiger partial charge in [0.2, 0.25) is 10.0 Å². The Balaban J connectivity index is 1.92. The van der Waals surface area contributed by atoms with Crippen molar-refractivity contribution in [3.63, 3.8) is 0 Å². The molecule has 1 aromatic heterocycles. The van der Waals surface area contributed by atoms with Gasteiger partial charge in [0.25, 0.3) is 0 Å². The molecule has 1 heterocycles. The Hall–Kier alpha value is -1.90. The number of benzene rings is 1. The second-order valence-electron chi connectivity index (χ2n) is 4.24. The first-order chi connectivity index (χ1) is 10.1. The number of hydrogen-bond acceptors (Lipinski definition) is 5. The highest BCUT2D eigenvalue weighted by Crippen LogP contribution is 2.15. The fourth-order valence-electron chi connectivity index (χ4n) is 1.69. The van der Waals surface area contributed by atoms with Gasteiger partial charge in [0.15, 0.2) is 0 Å². The van der Waals surface area contributed by atoms with Crippen LogP contribution in [0.1, 0.15) is 0 Å². The maximum atomic E-state index is 12.1. The Kier molecular flexibility index (Phi) is 5.32. The number of sulfonamides is 1. The fourth-order valence-corrected chi connectivity index (χ4v) is 2.71. The molecule has 2 N–H and O–H groups in total. The van der Waals surface area contributed by atoms with Crippen LogP contribution in [0.4, 0.5) is 0 Å². The molecular weight excluding hydrogens is 294 g/mol. The molecule has 0 aliphatic carbocycles. The van der Waals surface area contributed by atoms with E-state index in [0.717, 1.165) is 0 Å². The summed E-state index contributed by atoms with van der Waals surface area (Å²) < 4.78 is 33.6. The number of imidazole rings is 1. The summed E-state index contributed by atoms with van der Waals surface area (Å²) in [4.78, 5) is 4.05. The summed E-state index contributed by atoms with van der Waals surface area (Å²) >= 11 is 0. The molecule has 0 saturated carbocycles. The quantitative estimate of drug-likeness (QED) is 0.728. The van der Waals surface area contributed by atoms with Crippen LogP contribution < -0.4 is 9.46 Å². The van der Waals surface area contributed by atoms with Gasteiger partial charge < -0.3 is 14.4 Å². The first kappa shape index (κ1) is 15.5. The third kappa shape index (κ3) is 4.55. The number of aromatic nitrogens is 2. The lowest BCUT2D eigenvalue weighted by atomic mass is 10.3. The van der Waals surface area contributed by atoms with Gasteiger partial charge in [-0.25, -0.2) is 18.1 Å². The molecule has 2 aromatic rings. The summed E-state index contributed by atoms with van der Waals surface area (Å²) in [5, 5.41) is 8.65. The highest BCUT2D eigenvalue weighted by Gasteiger charge is 2.13. The van der Waals surface area contributed by atoms with E-state index in [1.807, 2.05) is 0 Å². The highest BCUT2D eigenvalue weighted by atomic mass is 32.2. The molecule has 114 valence electrons. The van der Waals surface area contributed by atoms with Crippen LogP contribution in [0.5, 0.6) is 5.75 Å². The Morgan fingerprint density at radius 3 is 2.67 bits per heavy atom. The standard InChI is InChI=1S/C13H17N3O4S/c17-9-10-20-12-1-3-13(4-2-12)21(18,19)15-6-8-16-7-5-14-11-16/h1-5,7,11,15,17H,6,8-10H2. The second-order valence-corrected chi connectivity index (χ2v) is 6.01. The molecule has 8 heteroatoms. The van der Waals surface area contributed by atoms with Crippen molar-refractivity contribution in [2.24, 2.45) is 0 Å². The maximum Gasteiger partial charge on any atom is 0.240 e. The van der Waals surface area contributed by atoms with Gasteiger partial charge in [-0.2, -0.15) is 0 Å². The van der Waals surface area contributed by atoms with Crippen LogP contribution in [-0.2, 0) is 16.6 Å². The number of nitrogens with one attached hydrogen (secondary N) is 1. The number of nitrogens with zero attached hydrogens (tertiary/aromatic N) is 2. The number of aliphatic hydroxyl groups is 1. The van der Waals surface area contributed by atoms with Crippen LogP contribution >= 0.6 is 0 Å². The topological polar surface area (TPSA) is 93.5 Å². The van der Waals surface area contributed by atoms with Crippen molar-refractivity contribution in [1.29, 1.82) is 0 Å². The van der Waals surface area contributed by atoms with Gasteiger partial charge in [-0.05, 0) is 24.3 Å². The molecule has 0 radical (unpaired) electrons. The summed E-state index contributed by atoms with van der Waals surface area (Å²) in [6, 6.07) is 6.04. The van der Waals surface area contributed by atoms with E-state index in [9.17, 15) is 8.42 Å². The van der Waals surface area contributed by atoms with Crippen molar-refractivity contribution in [1.82, 2.24) is 14.3 Å². The van der Waals surface area contributed by atoms with E-state index in [1.165, 1.54) is 12.1 Å². The molecule has 0 spiro atoms. The lowest BCUT2D eigenvalue weighted by Gasteiger charge is -2.08. The zero-order chi connectivity index (χ0) is 15.1. The zero-order valence-electron chi connectivity index (χ0n) is 11.3. The lowest BCUT2D eigenvalue weighted by Crippen LogP contribution is -2.27. The van der Waals surface area contributed by atoms with Crippen molar-refractivity contribution < 1.29 is 18.3 Å². The summed E-state index contributed by atoms with van der Waals surface area (Å²) in [5.41, 5.74) is 0. The van der Waals surface area contributed by atoms with E-state index in [4.69, 9.17) is 9.84 Å². The monoisotopic (exact) mass is 311 g/mol. The molecule has 7 nitrogen and oxygen atoms in total. The van der Waals surface area contributed by atoms with E-state index in [2.05, 4.69) is 9.71 Å². The molecule has 0 bridgehead atoms. The molecule has 0 unspecified atom stereocenters. The van der Waals surface area contributed by atoms with E-state index < -0.39 is 10.0 Å².